The molecule has 0 radical (unpaired) electrons. The Morgan fingerprint density at radius 2 is 2.14 bits per heavy atom. The molecule has 0 saturated carbocycles. The van der Waals surface area contributed by atoms with E-state index in [0.717, 1.165) is 25.9 Å². The molecule has 0 bridgehead atoms. The summed E-state index contributed by atoms with van der Waals surface area (Å²) in [7, 11) is 0. The van der Waals surface area contributed by atoms with Crippen molar-refractivity contribution in [3.63, 3.8) is 0 Å². The first-order valence-electron chi connectivity index (χ1n) is 4.93. The van der Waals surface area contributed by atoms with Crippen LogP contribution >= 0.6 is 12.2 Å². The van der Waals surface area contributed by atoms with Crippen molar-refractivity contribution in [2.75, 3.05) is 13.1 Å². The fraction of sp³-hybridized carbons (Fsp3) is 0.778. The van der Waals surface area contributed by atoms with Gasteiger partial charge in [-0.25, -0.2) is 4.79 Å². The largest absolute Gasteiger partial charge is 0.393 e. The third-order valence-corrected chi connectivity index (χ3v) is 2.44. The smallest absolute Gasteiger partial charge is 0.317 e. The monoisotopic (exact) mass is 215 g/mol. The van der Waals surface area contributed by atoms with Gasteiger partial charge >= 0.3 is 6.03 Å². The fourth-order valence-electron chi connectivity index (χ4n) is 1.58. The third-order valence-electron chi connectivity index (χ3n) is 2.27. The molecule has 14 heavy (non-hydrogen) atoms. The molecule has 4 nitrogen and oxygen atoms in total. The molecule has 0 aromatic heterocycles. The maximum atomic E-state index is 11.6. The fourth-order valence-corrected chi connectivity index (χ4v) is 1.83. The number of thiocarbonyl (C=S) groups is 1. The highest BCUT2D eigenvalue weighted by Gasteiger charge is 2.19. The SMILES string of the molecule is CC(CC(N)=S)NC(=O)N1CCCC1. The van der Waals surface area contributed by atoms with E-state index < -0.39 is 0 Å². The number of carbonyl (C=O) groups is 1. The minimum Gasteiger partial charge on any atom is -0.393 e. The summed E-state index contributed by atoms with van der Waals surface area (Å²) in [5.41, 5.74) is 5.39. The molecule has 80 valence electrons. The maximum Gasteiger partial charge on any atom is 0.317 e. The summed E-state index contributed by atoms with van der Waals surface area (Å²) >= 11 is 4.77. The molecule has 2 amide bonds. The van der Waals surface area contributed by atoms with Crippen LogP contribution in [0.5, 0.6) is 0 Å². The molecule has 3 N–H and O–H groups in total. The molecular formula is C9H17N3OS. The lowest BCUT2D eigenvalue weighted by Gasteiger charge is -2.19. The number of rotatable bonds is 3. The van der Waals surface area contributed by atoms with Gasteiger partial charge in [0.05, 0.1) is 4.99 Å². The third kappa shape index (κ3) is 3.49. The molecule has 1 unspecified atom stereocenters. The van der Waals surface area contributed by atoms with Crippen LogP contribution in [-0.2, 0) is 0 Å². The molecule has 1 atom stereocenters. The summed E-state index contributed by atoms with van der Waals surface area (Å²) in [4.78, 5) is 13.8. The van der Waals surface area contributed by atoms with Crippen LogP contribution in [0.4, 0.5) is 4.79 Å². The van der Waals surface area contributed by atoms with E-state index in [1.165, 1.54) is 0 Å². The molecule has 5 heteroatoms. The van der Waals surface area contributed by atoms with Gasteiger partial charge in [0.25, 0.3) is 0 Å². The Kier molecular flexibility index (Phi) is 4.13. The average Bonchev–Trinajstić information content (AvgIpc) is 2.53. The van der Waals surface area contributed by atoms with E-state index in [4.69, 9.17) is 18.0 Å². The highest BCUT2D eigenvalue weighted by atomic mass is 32.1. The Hall–Kier alpha value is -0.840. The summed E-state index contributed by atoms with van der Waals surface area (Å²) in [6, 6.07) is 0.0341. The van der Waals surface area contributed by atoms with Gasteiger partial charge < -0.3 is 16.0 Å². The lowest BCUT2D eigenvalue weighted by Crippen LogP contribution is -2.43. The Labute approximate surface area is 89.8 Å². The van der Waals surface area contributed by atoms with Crippen molar-refractivity contribution in [1.82, 2.24) is 10.2 Å². The van der Waals surface area contributed by atoms with E-state index in [1.54, 1.807) is 0 Å². The number of amides is 2. The van der Waals surface area contributed by atoms with Crippen LogP contribution in [-0.4, -0.2) is 35.1 Å². The predicted molar refractivity (Wildman–Crippen MR) is 60.2 cm³/mol. The number of carbonyl (C=O) groups excluding carboxylic acids is 1. The highest BCUT2D eigenvalue weighted by molar-refractivity contribution is 7.80. The molecular weight excluding hydrogens is 198 g/mol. The zero-order chi connectivity index (χ0) is 10.6. The second-order valence-corrected chi connectivity index (χ2v) is 4.24. The van der Waals surface area contributed by atoms with Crippen molar-refractivity contribution >= 4 is 23.2 Å². The van der Waals surface area contributed by atoms with Gasteiger partial charge in [-0.2, -0.15) is 0 Å². The van der Waals surface area contributed by atoms with Crippen LogP contribution in [0.25, 0.3) is 0 Å². The lowest BCUT2D eigenvalue weighted by molar-refractivity contribution is 0.205. The lowest BCUT2D eigenvalue weighted by atomic mass is 10.2. The molecule has 0 spiro atoms. The molecule has 1 fully saturated rings. The number of hydrogen-bond acceptors (Lipinski definition) is 2. The van der Waals surface area contributed by atoms with Gasteiger partial charge in [-0.05, 0) is 19.8 Å². The minimum atomic E-state index is 0.00579. The van der Waals surface area contributed by atoms with Crippen LogP contribution in [0.2, 0.25) is 0 Å². The van der Waals surface area contributed by atoms with Crippen molar-refractivity contribution in [2.24, 2.45) is 5.73 Å². The number of likely N-dealkylation sites (tertiary alicyclic amines) is 1. The zero-order valence-electron chi connectivity index (χ0n) is 8.45. The summed E-state index contributed by atoms with van der Waals surface area (Å²) < 4.78 is 0. The molecule has 1 saturated heterocycles. The van der Waals surface area contributed by atoms with Gasteiger partial charge in [0.15, 0.2) is 0 Å². The Morgan fingerprint density at radius 3 is 2.64 bits per heavy atom. The molecule has 1 aliphatic heterocycles. The topological polar surface area (TPSA) is 58.4 Å². The normalized spacial score (nSPS) is 17.9. The van der Waals surface area contributed by atoms with Crippen molar-refractivity contribution < 1.29 is 4.79 Å². The van der Waals surface area contributed by atoms with E-state index in [-0.39, 0.29) is 12.1 Å². The van der Waals surface area contributed by atoms with Crippen LogP contribution in [0.15, 0.2) is 0 Å². The Morgan fingerprint density at radius 1 is 1.57 bits per heavy atom. The molecule has 0 aliphatic carbocycles. The van der Waals surface area contributed by atoms with Crippen LogP contribution in [0, 0.1) is 0 Å². The van der Waals surface area contributed by atoms with E-state index in [9.17, 15) is 4.79 Å². The first-order valence-corrected chi connectivity index (χ1v) is 5.34. The van der Waals surface area contributed by atoms with Crippen molar-refractivity contribution in [1.29, 1.82) is 0 Å². The van der Waals surface area contributed by atoms with Crippen LogP contribution in [0.1, 0.15) is 26.2 Å². The van der Waals surface area contributed by atoms with E-state index in [1.807, 2.05) is 11.8 Å². The molecule has 1 aliphatic rings. The Balaban J connectivity index is 2.28. The number of urea groups is 1. The van der Waals surface area contributed by atoms with E-state index in [0.29, 0.717) is 11.4 Å². The van der Waals surface area contributed by atoms with E-state index in [2.05, 4.69) is 5.32 Å². The second kappa shape index (κ2) is 5.14. The van der Waals surface area contributed by atoms with Crippen LogP contribution < -0.4 is 11.1 Å². The van der Waals surface area contributed by atoms with E-state index >= 15 is 0 Å². The quantitative estimate of drug-likeness (QED) is 0.686. The number of nitrogens with one attached hydrogen (secondary N) is 1. The summed E-state index contributed by atoms with van der Waals surface area (Å²) in [5.74, 6) is 0. The summed E-state index contributed by atoms with van der Waals surface area (Å²) in [6.45, 7) is 3.64. The van der Waals surface area contributed by atoms with Gasteiger partial charge in [0.1, 0.15) is 0 Å². The number of nitrogens with two attached hydrogens (primary N) is 1. The van der Waals surface area contributed by atoms with Crippen LogP contribution in [0.3, 0.4) is 0 Å². The molecule has 0 aromatic carbocycles. The minimum absolute atomic E-state index is 0.00579. The molecule has 0 aromatic rings. The first-order chi connectivity index (χ1) is 6.59. The number of hydrogen-bond donors (Lipinski definition) is 2. The van der Waals surface area contributed by atoms with Crippen molar-refractivity contribution in [2.45, 2.75) is 32.2 Å². The summed E-state index contributed by atoms with van der Waals surface area (Å²) in [6.07, 6.45) is 2.78. The zero-order valence-corrected chi connectivity index (χ0v) is 9.27. The summed E-state index contributed by atoms with van der Waals surface area (Å²) in [5, 5.41) is 2.87. The number of nitrogens with zero attached hydrogens (tertiary/aromatic N) is 1. The van der Waals surface area contributed by atoms with Gasteiger partial charge in [-0.15, -0.1) is 0 Å². The van der Waals surface area contributed by atoms with Gasteiger partial charge in [-0.3, -0.25) is 0 Å². The Bertz CT molecular complexity index is 226. The first kappa shape index (κ1) is 11.2. The van der Waals surface area contributed by atoms with Gasteiger partial charge in [-0.1, -0.05) is 12.2 Å². The van der Waals surface area contributed by atoms with Gasteiger partial charge in [0.2, 0.25) is 0 Å². The van der Waals surface area contributed by atoms with Crippen molar-refractivity contribution in [3.8, 4) is 0 Å². The van der Waals surface area contributed by atoms with Crippen molar-refractivity contribution in [3.05, 3.63) is 0 Å². The average molecular weight is 215 g/mol. The second-order valence-electron chi connectivity index (χ2n) is 3.72. The molecule has 1 heterocycles. The standard InChI is InChI=1S/C9H17N3OS/c1-7(6-8(10)14)11-9(13)12-4-2-3-5-12/h7H,2-6H2,1H3,(H2,10,14)(H,11,13). The van der Waals surface area contributed by atoms with Gasteiger partial charge in [0, 0.05) is 25.6 Å². The highest BCUT2D eigenvalue weighted by Crippen LogP contribution is 2.07. The molecule has 1 rings (SSSR count). The predicted octanol–water partition coefficient (Wildman–Crippen LogP) is 0.857. The maximum absolute atomic E-state index is 11.6.